The van der Waals surface area contributed by atoms with Crippen LogP contribution in [0.5, 0.6) is 0 Å². The SMILES string of the molecule is O=C(OCC1CCCCO1)c1csc(S(=O)(=O)Cl)c1. The summed E-state index contributed by atoms with van der Waals surface area (Å²) in [6, 6.07) is 1.22. The summed E-state index contributed by atoms with van der Waals surface area (Å²) < 4.78 is 32.6. The summed E-state index contributed by atoms with van der Waals surface area (Å²) in [5.74, 6) is -0.558. The van der Waals surface area contributed by atoms with E-state index in [2.05, 4.69) is 0 Å². The summed E-state index contributed by atoms with van der Waals surface area (Å²) >= 11 is 0.894. The van der Waals surface area contributed by atoms with Gasteiger partial charge in [-0.05, 0) is 25.3 Å². The van der Waals surface area contributed by atoms with Crippen molar-refractivity contribution >= 4 is 37.0 Å². The number of ether oxygens (including phenoxy) is 2. The van der Waals surface area contributed by atoms with Crippen LogP contribution in [0.3, 0.4) is 0 Å². The summed E-state index contributed by atoms with van der Waals surface area (Å²) in [7, 11) is 1.39. The summed E-state index contributed by atoms with van der Waals surface area (Å²) in [5.41, 5.74) is 0.194. The van der Waals surface area contributed by atoms with Crippen LogP contribution >= 0.6 is 22.0 Å². The number of carbonyl (C=O) groups is 1. The molecule has 0 saturated carbocycles. The standard InChI is InChI=1S/C11H13ClO5S2/c12-19(14,15)10-5-8(7-18-10)11(13)17-6-9-3-1-2-4-16-9/h5,7,9H,1-4,6H2. The molecule has 0 aromatic carbocycles. The molecule has 5 nitrogen and oxygen atoms in total. The minimum absolute atomic E-state index is 0.0602. The van der Waals surface area contributed by atoms with Gasteiger partial charge in [-0.15, -0.1) is 11.3 Å². The second kappa shape index (κ2) is 6.21. The lowest BCUT2D eigenvalue weighted by Crippen LogP contribution is -2.25. The van der Waals surface area contributed by atoms with E-state index in [4.69, 9.17) is 20.2 Å². The first kappa shape index (κ1) is 14.8. The number of hydrogen-bond donors (Lipinski definition) is 0. The summed E-state index contributed by atoms with van der Waals surface area (Å²) in [5, 5.41) is 1.42. The average Bonchev–Trinajstić information content (AvgIpc) is 2.87. The number of hydrogen-bond acceptors (Lipinski definition) is 6. The summed E-state index contributed by atoms with van der Waals surface area (Å²) in [6.45, 7) is 0.882. The second-order valence-electron chi connectivity index (χ2n) is 4.18. The van der Waals surface area contributed by atoms with E-state index in [1.807, 2.05) is 0 Å². The van der Waals surface area contributed by atoms with Gasteiger partial charge in [0.1, 0.15) is 10.8 Å². The first-order valence-electron chi connectivity index (χ1n) is 5.79. The van der Waals surface area contributed by atoms with E-state index < -0.39 is 15.0 Å². The van der Waals surface area contributed by atoms with Gasteiger partial charge in [0.25, 0.3) is 9.05 Å². The van der Waals surface area contributed by atoms with E-state index in [1.54, 1.807) is 0 Å². The molecule has 0 spiro atoms. The van der Waals surface area contributed by atoms with Gasteiger partial charge in [0.05, 0.1) is 11.7 Å². The van der Waals surface area contributed by atoms with Gasteiger partial charge in [-0.25, -0.2) is 13.2 Å². The molecule has 0 bridgehead atoms. The molecule has 1 atom stereocenters. The molecule has 0 N–H and O–H groups in total. The van der Waals surface area contributed by atoms with Crippen LogP contribution in [0.2, 0.25) is 0 Å². The van der Waals surface area contributed by atoms with E-state index >= 15 is 0 Å². The van der Waals surface area contributed by atoms with E-state index in [1.165, 1.54) is 11.4 Å². The molecule has 0 radical (unpaired) electrons. The maximum atomic E-state index is 11.7. The quantitative estimate of drug-likeness (QED) is 0.628. The van der Waals surface area contributed by atoms with Gasteiger partial charge < -0.3 is 9.47 Å². The topological polar surface area (TPSA) is 69.7 Å². The highest BCUT2D eigenvalue weighted by atomic mass is 35.7. The van der Waals surface area contributed by atoms with Crippen LogP contribution < -0.4 is 0 Å². The van der Waals surface area contributed by atoms with Crippen LogP contribution in [0.25, 0.3) is 0 Å². The molecule has 106 valence electrons. The van der Waals surface area contributed by atoms with Gasteiger partial charge in [-0.1, -0.05) is 0 Å². The zero-order valence-corrected chi connectivity index (χ0v) is 12.4. The Balaban J connectivity index is 1.91. The molecule has 0 amide bonds. The van der Waals surface area contributed by atoms with Crippen LogP contribution in [0.15, 0.2) is 15.7 Å². The molecule has 1 fully saturated rings. The molecule has 1 aromatic heterocycles. The van der Waals surface area contributed by atoms with Crippen molar-refractivity contribution in [1.29, 1.82) is 0 Å². The van der Waals surface area contributed by atoms with Crippen molar-refractivity contribution in [3.63, 3.8) is 0 Å². The van der Waals surface area contributed by atoms with Crippen molar-refractivity contribution in [2.75, 3.05) is 13.2 Å². The van der Waals surface area contributed by atoms with Crippen molar-refractivity contribution in [2.24, 2.45) is 0 Å². The molecular weight excluding hydrogens is 312 g/mol. The monoisotopic (exact) mass is 324 g/mol. The van der Waals surface area contributed by atoms with Crippen molar-refractivity contribution in [2.45, 2.75) is 29.6 Å². The minimum atomic E-state index is -3.79. The van der Waals surface area contributed by atoms with Crippen LogP contribution in [0.1, 0.15) is 29.6 Å². The van der Waals surface area contributed by atoms with Gasteiger partial charge in [0.2, 0.25) is 0 Å². The Labute approximate surface area is 119 Å². The highest BCUT2D eigenvalue weighted by Crippen LogP contribution is 2.24. The highest BCUT2D eigenvalue weighted by molar-refractivity contribution is 8.15. The van der Waals surface area contributed by atoms with Gasteiger partial charge >= 0.3 is 5.97 Å². The first-order chi connectivity index (χ1) is 8.97. The predicted octanol–water partition coefficient (Wildman–Crippen LogP) is 2.40. The zero-order chi connectivity index (χ0) is 13.9. The molecule has 1 aromatic rings. The third kappa shape index (κ3) is 4.17. The number of carbonyl (C=O) groups excluding carboxylic acids is 1. The first-order valence-corrected chi connectivity index (χ1v) is 8.97. The minimum Gasteiger partial charge on any atom is -0.459 e. The van der Waals surface area contributed by atoms with Crippen LogP contribution in [-0.2, 0) is 18.5 Å². The second-order valence-corrected chi connectivity index (χ2v) is 7.88. The maximum absolute atomic E-state index is 11.7. The Morgan fingerprint density at radius 1 is 1.53 bits per heavy atom. The van der Waals surface area contributed by atoms with Gasteiger partial charge in [0.15, 0.2) is 0 Å². The van der Waals surface area contributed by atoms with Crippen molar-refractivity contribution < 1.29 is 22.7 Å². The maximum Gasteiger partial charge on any atom is 0.339 e. The van der Waals surface area contributed by atoms with Gasteiger partial charge in [0, 0.05) is 22.7 Å². The summed E-state index contributed by atoms with van der Waals surface area (Å²) in [6.07, 6.45) is 2.91. The molecule has 19 heavy (non-hydrogen) atoms. The molecule has 1 aliphatic heterocycles. The van der Waals surface area contributed by atoms with E-state index in [-0.39, 0.29) is 22.5 Å². The number of thiophene rings is 1. The van der Waals surface area contributed by atoms with Crippen molar-refractivity contribution in [1.82, 2.24) is 0 Å². The third-order valence-electron chi connectivity index (χ3n) is 2.73. The van der Waals surface area contributed by atoms with Crippen molar-refractivity contribution in [3.05, 3.63) is 17.0 Å². The fraction of sp³-hybridized carbons (Fsp3) is 0.545. The molecule has 2 heterocycles. The van der Waals surface area contributed by atoms with Crippen LogP contribution in [-0.4, -0.2) is 33.7 Å². The van der Waals surface area contributed by atoms with Crippen molar-refractivity contribution in [3.8, 4) is 0 Å². The lowest BCUT2D eigenvalue weighted by Gasteiger charge is -2.21. The Hall–Kier alpha value is -0.630. The largest absolute Gasteiger partial charge is 0.459 e. The molecule has 1 unspecified atom stereocenters. The lowest BCUT2D eigenvalue weighted by molar-refractivity contribution is -0.0300. The molecule has 0 aliphatic carbocycles. The smallest absolute Gasteiger partial charge is 0.339 e. The Morgan fingerprint density at radius 2 is 2.32 bits per heavy atom. The predicted molar refractivity (Wildman–Crippen MR) is 71.2 cm³/mol. The van der Waals surface area contributed by atoms with E-state index in [0.717, 1.165) is 30.6 Å². The Bertz CT molecular complexity index is 545. The van der Waals surface area contributed by atoms with E-state index in [0.29, 0.717) is 6.61 Å². The molecule has 2 rings (SSSR count). The van der Waals surface area contributed by atoms with E-state index in [9.17, 15) is 13.2 Å². The summed E-state index contributed by atoms with van der Waals surface area (Å²) in [4.78, 5) is 11.7. The molecule has 1 saturated heterocycles. The van der Waals surface area contributed by atoms with Crippen LogP contribution in [0, 0.1) is 0 Å². The third-order valence-corrected chi connectivity index (χ3v) is 5.77. The van der Waals surface area contributed by atoms with Crippen LogP contribution in [0.4, 0.5) is 0 Å². The molecular formula is C11H13ClO5S2. The highest BCUT2D eigenvalue weighted by Gasteiger charge is 2.20. The molecule has 8 heteroatoms. The van der Waals surface area contributed by atoms with Gasteiger partial charge in [-0.3, -0.25) is 0 Å². The fourth-order valence-electron chi connectivity index (χ4n) is 1.74. The Morgan fingerprint density at radius 3 is 2.89 bits per heavy atom. The fourth-order valence-corrected chi connectivity index (χ4v) is 3.68. The Kier molecular flexibility index (Phi) is 4.83. The lowest BCUT2D eigenvalue weighted by atomic mass is 10.1. The number of halogens is 1. The molecule has 1 aliphatic rings. The van der Waals surface area contributed by atoms with Gasteiger partial charge in [-0.2, -0.15) is 0 Å². The average molecular weight is 325 g/mol. The zero-order valence-electron chi connectivity index (χ0n) is 10.0. The normalized spacial score (nSPS) is 20.2. The number of rotatable bonds is 4. The number of esters is 1.